The van der Waals surface area contributed by atoms with Crippen molar-refractivity contribution in [3.63, 3.8) is 0 Å². The molecule has 1 fully saturated rings. The highest BCUT2D eigenvalue weighted by Crippen LogP contribution is 2.13. The maximum Gasteiger partial charge on any atom is 0.284 e. The normalized spacial score (nSPS) is 23.2. The van der Waals surface area contributed by atoms with Gasteiger partial charge >= 0.3 is 0 Å². The molecule has 0 spiro atoms. The molecule has 0 aliphatic carbocycles. The van der Waals surface area contributed by atoms with Crippen LogP contribution in [0.1, 0.15) is 12.3 Å². The highest BCUT2D eigenvalue weighted by Gasteiger charge is 2.16. The third-order valence-corrected chi connectivity index (χ3v) is 2.28. The largest absolute Gasteiger partial charge is 0.414 e. The van der Waals surface area contributed by atoms with Gasteiger partial charge in [-0.1, -0.05) is 0 Å². The molecular weight excluding hydrogens is 174 g/mol. The van der Waals surface area contributed by atoms with Gasteiger partial charge in [0.05, 0.1) is 0 Å². The Morgan fingerprint density at radius 2 is 2.58 bits per heavy atom. The Kier molecular flexibility index (Phi) is 2.23. The quantitative estimate of drug-likeness (QED) is 0.672. The third kappa shape index (κ3) is 1.73. The minimum absolute atomic E-state index is 0.371. The van der Waals surface area contributed by atoms with E-state index in [-0.39, 0.29) is 0 Å². The Morgan fingerprint density at radius 1 is 1.67 bits per heavy atom. The molecule has 0 radical (unpaired) electrons. The van der Waals surface area contributed by atoms with E-state index in [4.69, 9.17) is 16.6 Å². The molecule has 5 heteroatoms. The molecule has 66 valence electrons. The fraction of sp³-hybridized carbons (Fsp3) is 0.714. The number of rotatable bonds is 2. The van der Waals surface area contributed by atoms with Crippen LogP contribution in [0.15, 0.2) is 4.42 Å². The zero-order valence-corrected chi connectivity index (χ0v) is 7.49. The molecular formula is C7H11N3OS. The molecule has 1 saturated heterocycles. The maximum absolute atomic E-state index is 5.17. The first-order valence-corrected chi connectivity index (χ1v) is 4.50. The van der Waals surface area contributed by atoms with Gasteiger partial charge < -0.3 is 9.73 Å². The van der Waals surface area contributed by atoms with Crippen LogP contribution in [0.2, 0.25) is 0 Å². The zero-order valence-electron chi connectivity index (χ0n) is 6.67. The first kappa shape index (κ1) is 7.94. The molecule has 0 amide bonds. The summed E-state index contributed by atoms with van der Waals surface area (Å²) in [7, 11) is 0. The summed E-state index contributed by atoms with van der Waals surface area (Å²) >= 11 is 4.77. The molecule has 2 heterocycles. The molecule has 4 nitrogen and oxygen atoms in total. The van der Waals surface area contributed by atoms with Gasteiger partial charge in [0.2, 0.25) is 5.89 Å². The molecule has 0 bridgehead atoms. The van der Waals surface area contributed by atoms with Crippen LogP contribution >= 0.6 is 12.2 Å². The molecule has 1 aliphatic heterocycles. The molecule has 1 atom stereocenters. The fourth-order valence-corrected chi connectivity index (χ4v) is 1.63. The molecule has 12 heavy (non-hydrogen) atoms. The van der Waals surface area contributed by atoms with Crippen LogP contribution in [-0.2, 0) is 6.42 Å². The Morgan fingerprint density at radius 3 is 3.17 bits per heavy atom. The highest BCUT2D eigenvalue weighted by molar-refractivity contribution is 7.71. The number of H-pyrrole nitrogens is 1. The molecule has 1 aliphatic rings. The topological polar surface area (TPSA) is 53.9 Å². The number of nitrogens with zero attached hydrogens (tertiary/aromatic N) is 1. The second-order valence-electron chi connectivity index (χ2n) is 3.07. The molecule has 2 N–H and O–H groups in total. The Balaban J connectivity index is 1.98. The first-order chi connectivity index (χ1) is 5.84. The van der Waals surface area contributed by atoms with Crippen molar-refractivity contribution < 1.29 is 4.42 Å². The SMILES string of the molecule is S=c1[nH]nc(CC2CCNC2)o1. The van der Waals surface area contributed by atoms with Crippen molar-refractivity contribution in [1.82, 2.24) is 15.5 Å². The van der Waals surface area contributed by atoms with Gasteiger partial charge in [-0.15, -0.1) is 5.10 Å². The lowest BCUT2D eigenvalue weighted by atomic mass is 10.1. The summed E-state index contributed by atoms with van der Waals surface area (Å²) in [5, 5.41) is 9.87. The van der Waals surface area contributed by atoms with E-state index in [1.165, 1.54) is 6.42 Å². The van der Waals surface area contributed by atoms with E-state index in [2.05, 4.69) is 15.5 Å². The van der Waals surface area contributed by atoms with Crippen LogP contribution in [0, 0.1) is 10.8 Å². The van der Waals surface area contributed by atoms with Gasteiger partial charge in [-0.05, 0) is 37.6 Å². The second-order valence-corrected chi connectivity index (χ2v) is 3.44. The molecule has 0 saturated carbocycles. The minimum atomic E-state index is 0.371. The summed E-state index contributed by atoms with van der Waals surface area (Å²) in [6.45, 7) is 2.17. The Labute approximate surface area is 75.4 Å². The zero-order chi connectivity index (χ0) is 8.39. The Hall–Kier alpha value is -0.680. The fourth-order valence-electron chi connectivity index (χ4n) is 1.48. The van der Waals surface area contributed by atoms with E-state index in [1.54, 1.807) is 0 Å². The Bertz CT molecular complexity index is 300. The monoisotopic (exact) mass is 185 g/mol. The summed E-state index contributed by atoms with van der Waals surface area (Å²) in [5.74, 6) is 1.39. The van der Waals surface area contributed by atoms with Crippen molar-refractivity contribution in [2.75, 3.05) is 13.1 Å². The summed E-state index contributed by atoms with van der Waals surface area (Å²) < 4.78 is 5.17. The predicted octanol–water partition coefficient (Wildman–Crippen LogP) is 0.884. The van der Waals surface area contributed by atoms with E-state index >= 15 is 0 Å². The van der Waals surface area contributed by atoms with Crippen LogP contribution in [0.25, 0.3) is 0 Å². The van der Waals surface area contributed by atoms with Gasteiger partial charge in [0.15, 0.2) is 0 Å². The van der Waals surface area contributed by atoms with Crippen molar-refractivity contribution in [3.05, 3.63) is 10.7 Å². The molecule has 0 aromatic carbocycles. The van der Waals surface area contributed by atoms with Gasteiger partial charge in [-0.25, -0.2) is 5.10 Å². The molecule has 1 unspecified atom stereocenters. The maximum atomic E-state index is 5.17. The molecule has 2 rings (SSSR count). The third-order valence-electron chi connectivity index (χ3n) is 2.11. The average molecular weight is 185 g/mol. The second kappa shape index (κ2) is 3.37. The van der Waals surface area contributed by atoms with Crippen molar-refractivity contribution in [1.29, 1.82) is 0 Å². The van der Waals surface area contributed by atoms with E-state index in [0.29, 0.717) is 10.8 Å². The predicted molar refractivity (Wildman–Crippen MR) is 46.4 cm³/mol. The first-order valence-electron chi connectivity index (χ1n) is 4.09. The highest BCUT2D eigenvalue weighted by atomic mass is 32.1. The van der Waals surface area contributed by atoms with Gasteiger partial charge in [0.1, 0.15) is 0 Å². The van der Waals surface area contributed by atoms with Crippen molar-refractivity contribution >= 4 is 12.2 Å². The summed E-state index contributed by atoms with van der Waals surface area (Å²) in [4.78, 5) is 0.371. The molecule has 1 aromatic rings. The lowest BCUT2D eigenvalue weighted by Crippen LogP contribution is -2.10. The summed E-state index contributed by atoms with van der Waals surface area (Å²) in [5.41, 5.74) is 0. The molecule has 1 aromatic heterocycles. The van der Waals surface area contributed by atoms with E-state index in [9.17, 15) is 0 Å². The van der Waals surface area contributed by atoms with E-state index < -0.39 is 0 Å². The van der Waals surface area contributed by atoms with Crippen LogP contribution in [-0.4, -0.2) is 23.3 Å². The van der Waals surface area contributed by atoms with Crippen LogP contribution in [0.4, 0.5) is 0 Å². The lowest BCUT2D eigenvalue weighted by molar-refractivity contribution is 0.434. The van der Waals surface area contributed by atoms with E-state index in [0.717, 1.165) is 25.4 Å². The summed E-state index contributed by atoms with van der Waals surface area (Å²) in [6, 6.07) is 0. The van der Waals surface area contributed by atoms with Crippen LogP contribution in [0.5, 0.6) is 0 Å². The van der Waals surface area contributed by atoms with Gasteiger partial charge in [0, 0.05) is 6.42 Å². The van der Waals surface area contributed by atoms with Crippen molar-refractivity contribution in [2.45, 2.75) is 12.8 Å². The van der Waals surface area contributed by atoms with Gasteiger partial charge in [-0.2, -0.15) is 0 Å². The number of aromatic amines is 1. The number of hydrogen-bond donors (Lipinski definition) is 2. The smallest absolute Gasteiger partial charge is 0.284 e. The number of hydrogen-bond acceptors (Lipinski definition) is 4. The van der Waals surface area contributed by atoms with E-state index in [1.807, 2.05) is 0 Å². The number of nitrogens with one attached hydrogen (secondary N) is 2. The average Bonchev–Trinajstić information content (AvgIpc) is 2.63. The standard InChI is InChI=1S/C7H11N3OS/c12-7-10-9-6(11-7)3-5-1-2-8-4-5/h5,8H,1-4H2,(H,10,12). The summed E-state index contributed by atoms with van der Waals surface area (Å²) in [6.07, 6.45) is 2.09. The number of aromatic nitrogens is 2. The van der Waals surface area contributed by atoms with Gasteiger partial charge in [-0.3, -0.25) is 0 Å². The van der Waals surface area contributed by atoms with Crippen LogP contribution in [0.3, 0.4) is 0 Å². The minimum Gasteiger partial charge on any atom is -0.414 e. The van der Waals surface area contributed by atoms with Crippen LogP contribution < -0.4 is 5.32 Å². The lowest BCUT2D eigenvalue weighted by Gasteiger charge is -2.01. The van der Waals surface area contributed by atoms with Gasteiger partial charge in [0.25, 0.3) is 4.84 Å². The van der Waals surface area contributed by atoms with Crippen molar-refractivity contribution in [2.24, 2.45) is 5.92 Å². The van der Waals surface area contributed by atoms with Crippen molar-refractivity contribution in [3.8, 4) is 0 Å².